The Balaban J connectivity index is 2.52. The number of hydrogen-bond donors (Lipinski definition) is 0. The van der Waals surface area contributed by atoms with Gasteiger partial charge < -0.3 is 9.30 Å². The molecule has 3 aromatic heterocycles. The summed E-state index contributed by atoms with van der Waals surface area (Å²) in [6.07, 6.45) is 3.53. The summed E-state index contributed by atoms with van der Waals surface area (Å²) >= 11 is 1.42. The van der Waals surface area contributed by atoms with E-state index >= 15 is 0 Å². The van der Waals surface area contributed by atoms with Gasteiger partial charge in [-0.05, 0) is 19.1 Å². The molecule has 0 fully saturated rings. The molecule has 0 aliphatic heterocycles. The summed E-state index contributed by atoms with van der Waals surface area (Å²) in [5.74, 6) is 0.764. The minimum absolute atomic E-state index is 0.0417. The fourth-order valence-electron chi connectivity index (χ4n) is 2.12. The number of fused-ring (bicyclic) bond motifs is 3. The van der Waals surface area contributed by atoms with Crippen molar-refractivity contribution in [3.63, 3.8) is 0 Å². The predicted octanol–water partition coefficient (Wildman–Crippen LogP) is 2.64. The molecule has 0 bridgehead atoms. The van der Waals surface area contributed by atoms with Crippen molar-refractivity contribution in [2.45, 2.75) is 13.5 Å². The number of nitrogens with zero attached hydrogens (tertiary/aromatic N) is 2. The van der Waals surface area contributed by atoms with Gasteiger partial charge in [-0.25, -0.2) is 4.98 Å². The number of rotatable bonds is 2. The van der Waals surface area contributed by atoms with Gasteiger partial charge in [0.05, 0.1) is 12.5 Å². The average Bonchev–Trinajstić information content (AvgIpc) is 2.79. The summed E-state index contributed by atoms with van der Waals surface area (Å²) in [5.41, 5.74) is 0.0417. The van der Waals surface area contributed by atoms with Crippen LogP contribution in [0.4, 0.5) is 0 Å². The molecule has 0 amide bonds. The first-order chi connectivity index (χ1) is 8.76. The van der Waals surface area contributed by atoms with Crippen molar-refractivity contribution in [2.75, 3.05) is 7.11 Å². The third-order valence-electron chi connectivity index (χ3n) is 3.03. The highest BCUT2D eigenvalue weighted by Gasteiger charge is 2.13. The SMILES string of the molecule is CCn1ccc2c(sc3nccc(OC)c32)c1=O. The highest BCUT2D eigenvalue weighted by atomic mass is 32.1. The fraction of sp³-hybridized carbons (Fsp3) is 0.231. The second-order valence-corrected chi connectivity index (χ2v) is 4.94. The van der Waals surface area contributed by atoms with Crippen LogP contribution in [0.2, 0.25) is 0 Å². The molecule has 5 heteroatoms. The predicted molar refractivity (Wildman–Crippen MR) is 73.6 cm³/mol. The van der Waals surface area contributed by atoms with E-state index in [0.717, 1.165) is 26.1 Å². The van der Waals surface area contributed by atoms with Gasteiger partial charge in [-0.15, -0.1) is 11.3 Å². The molecule has 0 unspecified atom stereocenters. The van der Waals surface area contributed by atoms with Crippen molar-refractivity contribution in [1.29, 1.82) is 0 Å². The number of aryl methyl sites for hydroxylation is 1. The van der Waals surface area contributed by atoms with Gasteiger partial charge in [-0.3, -0.25) is 4.79 Å². The molecule has 92 valence electrons. The Morgan fingerprint density at radius 1 is 1.44 bits per heavy atom. The molecule has 3 rings (SSSR count). The zero-order valence-electron chi connectivity index (χ0n) is 10.1. The van der Waals surface area contributed by atoms with E-state index in [1.54, 1.807) is 17.9 Å². The van der Waals surface area contributed by atoms with Crippen molar-refractivity contribution in [3.8, 4) is 5.75 Å². The minimum Gasteiger partial charge on any atom is -0.496 e. The van der Waals surface area contributed by atoms with Crippen LogP contribution in [0, 0.1) is 0 Å². The van der Waals surface area contributed by atoms with Gasteiger partial charge in [-0.1, -0.05) is 0 Å². The topological polar surface area (TPSA) is 44.1 Å². The summed E-state index contributed by atoms with van der Waals surface area (Å²) in [4.78, 5) is 17.4. The molecular weight excluding hydrogens is 248 g/mol. The van der Waals surface area contributed by atoms with Crippen LogP contribution >= 0.6 is 11.3 Å². The zero-order valence-corrected chi connectivity index (χ0v) is 11.0. The first kappa shape index (κ1) is 11.2. The largest absolute Gasteiger partial charge is 0.496 e. The van der Waals surface area contributed by atoms with Crippen LogP contribution in [-0.2, 0) is 6.54 Å². The molecule has 0 aliphatic carbocycles. The normalized spacial score (nSPS) is 11.2. The molecule has 4 nitrogen and oxygen atoms in total. The maximum Gasteiger partial charge on any atom is 0.268 e. The first-order valence-corrected chi connectivity index (χ1v) is 6.52. The van der Waals surface area contributed by atoms with Crippen molar-refractivity contribution >= 4 is 31.6 Å². The standard InChI is InChI=1S/C13H12N2O2S/c1-3-15-7-5-8-10-9(17-2)4-6-14-12(10)18-11(8)13(15)16/h4-7H,3H2,1-2H3. The number of pyridine rings is 2. The van der Waals surface area contributed by atoms with Crippen molar-refractivity contribution < 1.29 is 4.74 Å². The summed E-state index contributed by atoms with van der Waals surface area (Å²) in [6, 6.07) is 3.78. The fourth-order valence-corrected chi connectivity index (χ4v) is 3.22. The highest BCUT2D eigenvalue weighted by molar-refractivity contribution is 7.25. The van der Waals surface area contributed by atoms with Crippen LogP contribution in [0.15, 0.2) is 29.3 Å². The van der Waals surface area contributed by atoms with E-state index < -0.39 is 0 Å². The maximum atomic E-state index is 12.2. The molecular formula is C13H12N2O2S. The molecule has 0 spiro atoms. The molecule has 0 N–H and O–H groups in total. The van der Waals surface area contributed by atoms with E-state index in [-0.39, 0.29) is 5.56 Å². The Labute approximate surface area is 107 Å². The number of ether oxygens (including phenoxy) is 1. The van der Waals surface area contributed by atoms with Crippen molar-refractivity contribution in [2.24, 2.45) is 0 Å². The molecule has 0 saturated heterocycles. The Morgan fingerprint density at radius 2 is 2.28 bits per heavy atom. The number of hydrogen-bond acceptors (Lipinski definition) is 4. The van der Waals surface area contributed by atoms with Gasteiger partial charge >= 0.3 is 0 Å². The van der Waals surface area contributed by atoms with Gasteiger partial charge in [0.2, 0.25) is 0 Å². The van der Waals surface area contributed by atoms with E-state index in [0.29, 0.717) is 6.54 Å². The Kier molecular flexibility index (Phi) is 2.56. The van der Waals surface area contributed by atoms with Gasteiger partial charge in [0.25, 0.3) is 5.56 Å². The highest BCUT2D eigenvalue weighted by Crippen LogP contribution is 2.36. The third-order valence-corrected chi connectivity index (χ3v) is 4.13. The molecule has 0 aliphatic rings. The zero-order chi connectivity index (χ0) is 12.7. The van der Waals surface area contributed by atoms with Crippen LogP contribution in [0.5, 0.6) is 5.75 Å². The van der Waals surface area contributed by atoms with Crippen LogP contribution in [0.25, 0.3) is 20.3 Å². The molecule has 0 atom stereocenters. The second-order valence-electron chi connectivity index (χ2n) is 3.95. The average molecular weight is 260 g/mol. The molecule has 18 heavy (non-hydrogen) atoms. The summed E-state index contributed by atoms with van der Waals surface area (Å²) in [5, 5.41) is 1.86. The number of aromatic nitrogens is 2. The Morgan fingerprint density at radius 3 is 3.00 bits per heavy atom. The lowest BCUT2D eigenvalue weighted by atomic mass is 10.2. The van der Waals surface area contributed by atoms with Gasteiger partial charge in [0, 0.05) is 24.3 Å². The smallest absolute Gasteiger partial charge is 0.268 e. The lowest BCUT2D eigenvalue weighted by molar-refractivity contribution is 0.420. The van der Waals surface area contributed by atoms with E-state index in [2.05, 4.69) is 4.98 Å². The molecule has 3 aromatic rings. The quantitative estimate of drug-likeness (QED) is 0.711. The van der Waals surface area contributed by atoms with E-state index in [4.69, 9.17) is 4.74 Å². The minimum atomic E-state index is 0.0417. The van der Waals surface area contributed by atoms with E-state index in [1.807, 2.05) is 25.3 Å². The van der Waals surface area contributed by atoms with Crippen LogP contribution in [-0.4, -0.2) is 16.7 Å². The number of methoxy groups -OCH3 is 1. The second kappa shape index (κ2) is 4.10. The molecule has 0 saturated carbocycles. The molecule has 0 aromatic carbocycles. The lowest BCUT2D eigenvalue weighted by Gasteiger charge is -2.02. The van der Waals surface area contributed by atoms with Gasteiger partial charge in [0.15, 0.2) is 0 Å². The molecule has 0 radical (unpaired) electrons. The Hall–Kier alpha value is -1.88. The van der Waals surface area contributed by atoms with Gasteiger partial charge in [-0.2, -0.15) is 0 Å². The van der Waals surface area contributed by atoms with Crippen LogP contribution in [0.1, 0.15) is 6.92 Å². The molecule has 3 heterocycles. The van der Waals surface area contributed by atoms with E-state index in [1.165, 1.54) is 11.3 Å². The lowest BCUT2D eigenvalue weighted by Crippen LogP contribution is -2.16. The monoisotopic (exact) mass is 260 g/mol. The van der Waals surface area contributed by atoms with Crippen molar-refractivity contribution in [1.82, 2.24) is 9.55 Å². The van der Waals surface area contributed by atoms with Crippen LogP contribution < -0.4 is 10.3 Å². The maximum absolute atomic E-state index is 12.2. The summed E-state index contributed by atoms with van der Waals surface area (Å²) < 4.78 is 7.79. The third kappa shape index (κ3) is 1.44. The Bertz CT molecular complexity index is 789. The van der Waals surface area contributed by atoms with Crippen LogP contribution in [0.3, 0.4) is 0 Å². The van der Waals surface area contributed by atoms with E-state index in [9.17, 15) is 4.79 Å². The summed E-state index contributed by atoms with van der Waals surface area (Å²) in [6.45, 7) is 2.63. The van der Waals surface area contributed by atoms with Crippen molar-refractivity contribution in [3.05, 3.63) is 34.9 Å². The first-order valence-electron chi connectivity index (χ1n) is 5.71. The number of thiophene rings is 1. The van der Waals surface area contributed by atoms with Gasteiger partial charge in [0.1, 0.15) is 15.3 Å². The summed E-state index contributed by atoms with van der Waals surface area (Å²) in [7, 11) is 1.63.